The van der Waals surface area contributed by atoms with Gasteiger partial charge < -0.3 is 19.6 Å². The normalized spacial score (nSPS) is 14.7. The lowest BCUT2D eigenvalue weighted by Crippen LogP contribution is -2.48. The van der Waals surface area contributed by atoms with E-state index in [4.69, 9.17) is 9.47 Å². The van der Waals surface area contributed by atoms with Crippen molar-refractivity contribution in [2.24, 2.45) is 22.2 Å². The zero-order valence-corrected chi connectivity index (χ0v) is 24.9. The van der Waals surface area contributed by atoms with E-state index in [9.17, 15) is 9.59 Å². The minimum Gasteiger partial charge on any atom is -0.351 e. The molecule has 1 atom stereocenters. The van der Waals surface area contributed by atoms with Gasteiger partial charge in [-0.1, -0.05) is 61.8 Å². The third-order valence-electron chi connectivity index (χ3n) is 6.11. The van der Waals surface area contributed by atoms with Crippen LogP contribution in [0.3, 0.4) is 0 Å². The zero-order valence-electron chi connectivity index (χ0n) is 24.9. The summed E-state index contributed by atoms with van der Waals surface area (Å²) in [6.07, 6.45) is 4.91. The number of amides is 1. The molecule has 1 N–H and O–H groups in total. The molecule has 0 aliphatic heterocycles. The fourth-order valence-corrected chi connectivity index (χ4v) is 5.33. The lowest BCUT2D eigenvalue weighted by molar-refractivity contribution is -0.237. The second-order valence-electron chi connectivity index (χ2n) is 14.2. The molecule has 0 aliphatic carbocycles. The summed E-state index contributed by atoms with van der Waals surface area (Å²) in [5.74, 6) is -0.172. The third-order valence-corrected chi connectivity index (χ3v) is 6.11. The van der Waals surface area contributed by atoms with Crippen molar-refractivity contribution in [1.29, 1.82) is 0 Å². The van der Waals surface area contributed by atoms with Crippen molar-refractivity contribution >= 4 is 11.7 Å². The maximum absolute atomic E-state index is 12.8. The van der Waals surface area contributed by atoms with Gasteiger partial charge in [0, 0.05) is 18.4 Å². The van der Waals surface area contributed by atoms with E-state index in [1.165, 1.54) is 0 Å². The minimum absolute atomic E-state index is 0.0645. The van der Waals surface area contributed by atoms with Crippen LogP contribution in [0.25, 0.3) is 0 Å². The van der Waals surface area contributed by atoms with Crippen LogP contribution in [0.1, 0.15) is 129 Å². The minimum atomic E-state index is -0.655. The van der Waals surface area contributed by atoms with E-state index in [0.29, 0.717) is 26.1 Å². The first-order valence-corrected chi connectivity index (χ1v) is 13.2. The molecule has 0 fully saturated rings. The summed E-state index contributed by atoms with van der Waals surface area (Å²) in [4.78, 5) is 24.3. The summed E-state index contributed by atoms with van der Waals surface area (Å²) in [6.45, 7) is 28.2. The number of rotatable bonds is 17. The Morgan fingerprint density at radius 1 is 0.824 bits per heavy atom. The van der Waals surface area contributed by atoms with E-state index in [2.05, 4.69) is 74.6 Å². The van der Waals surface area contributed by atoms with Crippen LogP contribution in [-0.2, 0) is 19.1 Å². The van der Waals surface area contributed by atoms with Crippen LogP contribution in [0.15, 0.2) is 0 Å². The molecule has 34 heavy (non-hydrogen) atoms. The molecule has 202 valence electrons. The van der Waals surface area contributed by atoms with Gasteiger partial charge in [0.2, 0.25) is 5.91 Å². The molecule has 0 aromatic carbocycles. The number of hydrogen-bond donors (Lipinski definition) is 1. The van der Waals surface area contributed by atoms with Crippen LogP contribution in [-0.4, -0.2) is 36.2 Å². The van der Waals surface area contributed by atoms with E-state index >= 15 is 0 Å². The topological polar surface area (TPSA) is 64.6 Å². The van der Waals surface area contributed by atoms with Crippen LogP contribution in [0.4, 0.5) is 0 Å². The van der Waals surface area contributed by atoms with Gasteiger partial charge in [0.15, 0.2) is 5.79 Å². The SMILES string of the molecule is CCCC(C)(C)COC(C)(C)OCC(C)(C)CC(C)(C)NC(=O)CC(C)CC(C)(C)CC(C)=O. The molecule has 0 aromatic heterocycles. The number of nitrogens with one attached hydrogen (secondary N) is 1. The first kappa shape index (κ1) is 33.1. The maximum Gasteiger partial charge on any atom is 0.220 e. The lowest BCUT2D eigenvalue weighted by Gasteiger charge is -2.38. The first-order valence-electron chi connectivity index (χ1n) is 13.2. The molecule has 1 amide bonds. The summed E-state index contributed by atoms with van der Waals surface area (Å²) < 4.78 is 12.3. The average molecular weight is 484 g/mol. The van der Waals surface area contributed by atoms with E-state index in [1.807, 2.05) is 13.8 Å². The van der Waals surface area contributed by atoms with E-state index < -0.39 is 5.79 Å². The van der Waals surface area contributed by atoms with Crippen molar-refractivity contribution in [3.05, 3.63) is 0 Å². The monoisotopic (exact) mass is 483 g/mol. The van der Waals surface area contributed by atoms with Crippen LogP contribution < -0.4 is 5.32 Å². The molecule has 5 heteroatoms. The number of ketones is 1. The summed E-state index contributed by atoms with van der Waals surface area (Å²) in [5, 5.41) is 3.23. The Morgan fingerprint density at radius 2 is 1.32 bits per heavy atom. The Labute approximate surface area is 211 Å². The lowest BCUT2D eigenvalue weighted by atomic mass is 9.78. The second-order valence-corrected chi connectivity index (χ2v) is 14.2. The summed E-state index contributed by atoms with van der Waals surface area (Å²) in [5.41, 5.74) is -0.436. The highest BCUT2D eigenvalue weighted by atomic mass is 16.7. The van der Waals surface area contributed by atoms with Gasteiger partial charge in [0.1, 0.15) is 5.78 Å². The average Bonchev–Trinajstić information content (AvgIpc) is 2.55. The van der Waals surface area contributed by atoms with E-state index in [1.54, 1.807) is 6.92 Å². The molecule has 0 saturated heterocycles. The highest BCUT2D eigenvalue weighted by Crippen LogP contribution is 2.33. The molecule has 0 rings (SSSR count). The van der Waals surface area contributed by atoms with Crippen LogP contribution in [0, 0.1) is 22.2 Å². The molecule has 0 bridgehead atoms. The molecule has 0 spiro atoms. The quantitative estimate of drug-likeness (QED) is 0.220. The van der Waals surface area contributed by atoms with Crippen molar-refractivity contribution in [2.75, 3.05) is 13.2 Å². The molecule has 0 heterocycles. The third kappa shape index (κ3) is 15.9. The standard InChI is InChI=1S/C29H57NO4/c1-14-15-25(4,5)20-33-29(12,13)34-21-27(8,9)19-28(10,11)30-24(32)16-22(2)17-26(6,7)18-23(3)31/h22H,14-21H2,1-13H3,(H,30,32). The molecule has 0 aromatic rings. The predicted octanol–water partition coefficient (Wildman–Crippen LogP) is 7.31. The molecule has 0 saturated carbocycles. The highest BCUT2D eigenvalue weighted by molar-refractivity contribution is 5.77. The van der Waals surface area contributed by atoms with E-state index in [-0.39, 0.29) is 39.4 Å². The van der Waals surface area contributed by atoms with E-state index in [0.717, 1.165) is 25.7 Å². The molecular weight excluding hydrogens is 426 g/mol. The number of carbonyl (C=O) groups is 2. The second kappa shape index (κ2) is 12.9. The van der Waals surface area contributed by atoms with Crippen LogP contribution >= 0.6 is 0 Å². The smallest absolute Gasteiger partial charge is 0.220 e. The van der Waals surface area contributed by atoms with Gasteiger partial charge in [-0.05, 0) is 76.0 Å². The van der Waals surface area contributed by atoms with Gasteiger partial charge >= 0.3 is 0 Å². The Kier molecular flexibility index (Phi) is 12.5. The first-order chi connectivity index (χ1) is 15.1. The van der Waals surface area contributed by atoms with Crippen molar-refractivity contribution in [3.8, 4) is 0 Å². The summed E-state index contributed by atoms with van der Waals surface area (Å²) >= 11 is 0. The molecule has 5 nitrogen and oxygen atoms in total. The van der Waals surface area contributed by atoms with Crippen LogP contribution in [0.2, 0.25) is 0 Å². The largest absolute Gasteiger partial charge is 0.351 e. The molecule has 1 unspecified atom stereocenters. The molecule has 0 radical (unpaired) electrons. The fraction of sp³-hybridized carbons (Fsp3) is 0.931. The van der Waals surface area contributed by atoms with Crippen molar-refractivity contribution in [3.63, 3.8) is 0 Å². The van der Waals surface area contributed by atoms with Crippen molar-refractivity contribution in [1.82, 2.24) is 5.32 Å². The fourth-order valence-electron chi connectivity index (χ4n) is 5.33. The highest BCUT2D eigenvalue weighted by Gasteiger charge is 2.34. The van der Waals surface area contributed by atoms with Crippen molar-refractivity contribution < 1.29 is 19.1 Å². The Morgan fingerprint density at radius 3 is 1.79 bits per heavy atom. The summed E-state index contributed by atoms with van der Waals surface area (Å²) in [6, 6.07) is 0. The zero-order chi connectivity index (χ0) is 27.0. The Balaban J connectivity index is 4.75. The van der Waals surface area contributed by atoms with Gasteiger partial charge in [-0.15, -0.1) is 0 Å². The van der Waals surface area contributed by atoms with Gasteiger partial charge in [-0.25, -0.2) is 0 Å². The van der Waals surface area contributed by atoms with Gasteiger partial charge in [-0.3, -0.25) is 4.79 Å². The predicted molar refractivity (Wildman–Crippen MR) is 143 cm³/mol. The summed E-state index contributed by atoms with van der Waals surface area (Å²) in [7, 11) is 0. The molecular formula is C29H57NO4. The molecule has 0 aliphatic rings. The van der Waals surface area contributed by atoms with Gasteiger partial charge in [0.05, 0.1) is 13.2 Å². The number of carbonyl (C=O) groups excluding carboxylic acids is 2. The Bertz CT molecular complexity index is 647. The number of hydrogen-bond acceptors (Lipinski definition) is 4. The van der Waals surface area contributed by atoms with Gasteiger partial charge in [0.25, 0.3) is 0 Å². The van der Waals surface area contributed by atoms with Crippen molar-refractivity contribution in [2.45, 2.75) is 140 Å². The Hall–Kier alpha value is -0.940. The number of Topliss-reactive ketones (excluding diaryl/α,β-unsaturated/α-hetero) is 1. The maximum atomic E-state index is 12.8. The van der Waals surface area contributed by atoms with Gasteiger partial charge in [-0.2, -0.15) is 0 Å². The number of ether oxygens (including phenoxy) is 2. The van der Waals surface area contributed by atoms with Crippen LogP contribution in [0.5, 0.6) is 0 Å².